The first-order chi connectivity index (χ1) is 10.1. The highest BCUT2D eigenvalue weighted by Gasteiger charge is 2.28. The van der Waals surface area contributed by atoms with Gasteiger partial charge in [0.2, 0.25) is 0 Å². The van der Waals surface area contributed by atoms with E-state index in [2.05, 4.69) is 5.32 Å². The lowest BCUT2D eigenvalue weighted by atomic mass is 9.97. The van der Waals surface area contributed by atoms with Gasteiger partial charge in [0.15, 0.2) is 0 Å². The number of fused-ring (bicyclic) bond motifs is 1. The standard InChI is InChI=1S/C17H17FN2O/c1-12-7-8-13-11-14(18)9-10-16(13)20(12)17(21)19-15-5-3-2-4-6-15/h2-6,9-12H,7-8H2,1H3,(H,19,21)/t12-/m1/s1. The van der Waals surface area contributed by atoms with E-state index >= 15 is 0 Å². The van der Waals surface area contributed by atoms with Crippen molar-refractivity contribution in [3.8, 4) is 0 Å². The van der Waals surface area contributed by atoms with E-state index in [0.717, 1.165) is 29.8 Å². The molecule has 1 N–H and O–H groups in total. The number of anilines is 2. The Bertz CT molecular complexity index is 657. The number of aryl methyl sites for hydroxylation is 1. The van der Waals surface area contributed by atoms with Crippen molar-refractivity contribution >= 4 is 17.4 Å². The summed E-state index contributed by atoms with van der Waals surface area (Å²) in [6, 6.07) is 13.9. The number of amides is 2. The van der Waals surface area contributed by atoms with Gasteiger partial charge in [0.1, 0.15) is 5.82 Å². The van der Waals surface area contributed by atoms with Crippen LogP contribution >= 0.6 is 0 Å². The zero-order chi connectivity index (χ0) is 14.8. The highest BCUT2D eigenvalue weighted by molar-refractivity contribution is 6.02. The lowest BCUT2D eigenvalue weighted by Gasteiger charge is -2.35. The number of halogens is 1. The number of carbonyl (C=O) groups is 1. The van der Waals surface area contributed by atoms with E-state index in [1.807, 2.05) is 37.3 Å². The molecule has 3 rings (SSSR count). The molecule has 0 saturated carbocycles. The predicted molar refractivity (Wildman–Crippen MR) is 82.1 cm³/mol. The van der Waals surface area contributed by atoms with Crippen LogP contribution in [-0.4, -0.2) is 12.1 Å². The molecule has 0 radical (unpaired) electrons. The number of hydrogen-bond acceptors (Lipinski definition) is 1. The van der Waals surface area contributed by atoms with Gasteiger partial charge in [-0.2, -0.15) is 0 Å². The second-order valence-corrected chi connectivity index (χ2v) is 5.33. The van der Waals surface area contributed by atoms with Gasteiger partial charge in [0.25, 0.3) is 0 Å². The Hall–Kier alpha value is -2.36. The summed E-state index contributed by atoms with van der Waals surface area (Å²) >= 11 is 0. The number of hydrogen-bond donors (Lipinski definition) is 1. The molecule has 108 valence electrons. The Kier molecular flexibility index (Phi) is 3.60. The number of carbonyl (C=O) groups excluding carboxylic acids is 1. The largest absolute Gasteiger partial charge is 0.326 e. The van der Waals surface area contributed by atoms with Crippen LogP contribution in [0, 0.1) is 5.82 Å². The van der Waals surface area contributed by atoms with Gasteiger partial charge in [-0.25, -0.2) is 9.18 Å². The van der Waals surface area contributed by atoms with E-state index in [1.165, 1.54) is 12.1 Å². The third-order valence-corrected chi connectivity index (χ3v) is 3.82. The van der Waals surface area contributed by atoms with Crippen LogP contribution in [0.5, 0.6) is 0 Å². The van der Waals surface area contributed by atoms with Crippen molar-refractivity contribution in [3.05, 3.63) is 59.9 Å². The highest BCUT2D eigenvalue weighted by atomic mass is 19.1. The number of para-hydroxylation sites is 1. The molecule has 0 aromatic heterocycles. The molecule has 4 heteroatoms. The quantitative estimate of drug-likeness (QED) is 0.836. The number of nitrogens with zero attached hydrogens (tertiary/aromatic N) is 1. The van der Waals surface area contributed by atoms with Gasteiger partial charge in [0.05, 0.1) is 0 Å². The van der Waals surface area contributed by atoms with Gasteiger partial charge in [-0.3, -0.25) is 4.90 Å². The summed E-state index contributed by atoms with van der Waals surface area (Å²) in [4.78, 5) is 14.3. The summed E-state index contributed by atoms with van der Waals surface area (Å²) in [5.41, 5.74) is 2.43. The fourth-order valence-corrected chi connectivity index (χ4v) is 2.74. The highest BCUT2D eigenvalue weighted by Crippen LogP contribution is 2.31. The number of nitrogens with one attached hydrogen (secondary N) is 1. The molecule has 0 bridgehead atoms. The van der Waals surface area contributed by atoms with E-state index < -0.39 is 0 Å². The van der Waals surface area contributed by atoms with Crippen LogP contribution in [0.15, 0.2) is 48.5 Å². The number of urea groups is 1. The predicted octanol–water partition coefficient (Wildman–Crippen LogP) is 4.20. The SMILES string of the molecule is C[C@@H]1CCc2cc(F)ccc2N1C(=O)Nc1ccccc1. The lowest BCUT2D eigenvalue weighted by Crippen LogP contribution is -2.44. The third-order valence-electron chi connectivity index (χ3n) is 3.82. The first-order valence-electron chi connectivity index (χ1n) is 7.09. The molecule has 1 atom stereocenters. The van der Waals surface area contributed by atoms with Crippen LogP contribution < -0.4 is 10.2 Å². The van der Waals surface area contributed by atoms with E-state index in [1.54, 1.807) is 11.0 Å². The summed E-state index contributed by atoms with van der Waals surface area (Å²) in [6.45, 7) is 2.01. The first-order valence-corrected chi connectivity index (χ1v) is 7.09. The maximum absolute atomic E-state index is 13.3. The minimum Gasteiger partial charge on any atom is -0.308 e. The molecule has 1 heterocycles. The Labute approximate surface area is 123 Å². The van der Waals surface area contributed by atoms with Gasteiger partial charge < -0.3 is 5.32 Å². The Morgan fingerprint density at radius 1 is 1.24 bits per heavy atom. The van der Waals surface area contributed by atoms with Crippen molar-refractivity contribution in [2.75, 3.05) is 10.2 Å². The second kappa shape index (κ2) is 5.56. The average Bonchev–Trinajstić information content (AvgIpc) is 2.48. The molecule has 0 aliphatic carbocycles. The Morgan fingerprint density at radius 3 is 2.76 bits per heavy atom. The molecule has 2 amide bonds. The van der Waals surface area contributed by atoms with Crippen LogP contribution in [-0.2, 0) is 6.42 Å². The molecule has 0 fully saturated rings. The van der Waals surface area contributed by atoms with Crippen molar-refractivity contribution in [2.24, 2.45) is 0 Å². The Balaban J connectivity index is 1.89. The van der Waals surface area contributed by atoms with Crippen molar-refractivity contribution in [3.63, 3.8) is 0 Å². The summed E-state index contributed by atoms with van der Waals surface area (Å²) in [5, 5.41) is 2.89. The average molecular weight is 284 g/mol. The molecule has 2 aromatic carbocycles. The van der Waals surface area contributed by atoms with E-state index in [9.17, 15) is 9.18 Å². The van der Waals surface area contributed by atoms with Gasteiger partial charge in [0, 0.05) is 17.4 Å². The lowest BCUT2D eigenvalue weighted by molar-refractivity contribution is 0.254. The molecular weight excluding hydrogens is 267 g/mol. The summed E-state index contributed by atoms with van der Waals surface area (Å²) in [6.07, 6.45) is 1.63. The minimum atomic E-state index is -0.258. The monoisotopic (exact) mass is 284 g/mol. The molecule has 2 aromatic rings. The number of benzene rings is 2. The molecule has 1 aliphatic rings. The second-order valence-electron chi connectivity index (χ2n) is 5.33. The third kappa shape index (κ3) is 2.75. The van der Waals surface area contributed by atoms with Crippen molar-refractivity contribution in [2.45, 2.75) is 25.8 Å². The molecule has 21 heavy (non-hydrogen) atoms. The number of rotatable bonds is 1. The van der Waals surface area contributed by atoms with Crippen LogP contribution in [0.25, 0.3) is 0 Å². The molecule has 0 unspecified atom stereocenters. The molecule has 0 saturated heterocycles. The van der Waals surface area contributed by atoms with Crippen LogP contribution in [0.1, 0.15) is 18.9 Å². The zero-order valence-corrected chi connectivity index (χ0v) is 11.8. The summed E-state index contributed by atoms with van der Waals surface area (Å²) < 4.78 is 13.3. The maximum Gasteiger partial charge on any atom is 0.326 e. The summed E-state index contributed by atoms with van der Waals surface area (Å²) in [5.74, 6) is -0.258. The van der Waals surface area contributed by atoms with Crippen molar-refractivity contribution < 1.29 is 9.18 Å². The van der Waals surface area contributed by atoms with Gasteiger partial charge in [-0.05, 0) is 55.7 Å². The van der Waals surface area contributed by atoms with Crippen molar-refractivity contribution in [1.29, 1.82) is 0 Å². The van der Waals surface area contributed by atoms with Crippen LogP contribution in [0.3, 0.4) is 0 Å². The van der Waals surface area contributed by atoms with Gasteiger partial charge in [-0.15, -0.1) is 0 Å². The van der Waals surface area contributed by atoms with Gasteiger partial charge in [-0.1, -0.05) is 18.2 Å². The molecule has 1 aliphatic heterocycles. The fourth-order valence-electron chi connectivity index (χ4n) is 2.74. The fraction of sp³-hybridized carbons (Fsp3) is 0.235. The van der Waals surface area contributed by atoms with Crippen LogP contribution in [0.4, 0.5) is 20.6 Å². The molecule has 3 nitrogen and oxygen atoms in total. The van der Waals surface area contributed by atoms with E-state index in [0.29, 0.717) is 0 Å². The Morgan fingerprint density at radius 2 is 2.00 bits per heavy atom. The van der Waals surface area contributed by atoms with E-state index in [-0.39, 0.29) is 17.9 Å². The maximum atomic E-state index is 13.3. The topological polar surface area (TPSA) is 32.3 Å². The van der Waals surface area contributed by atoms with E-state index in [4.69, 9.17) is 0 Å². The first kappa shape index (κ1) is 13.6. The minimum absolute atomic E-state index is 0.0895. The van der Waals surface area contributed by atoms with Crippen molar-refractivity contribution in [1.82, 2.24) is 0 Å². The molecular formula is C17H17FN2O. The molecule has 0 spiro atoms. The van der Waals surface area contributed by atoms with Crippen LogP contribution in [0.2, 0.25) is 0 Å². The van der Waals surface area contributed by atoms with Gasteiger partial charge >= 0.3 is 6.03 Å². The zero-order valence-electron chi connectivity index (χ0n) is 11.8. The normalized spacial score (nSPS) is 17.2. The smallest absolute Gasteiger partial charge is 0.308 e. The summed E-state index contributed by atoms with van der Waals surface area (Å²) in [7, 11) is 0.